The molecule has 0 fully saturated rings. The van der Waals surface area contributed by atoms with Gasteiger partial charge in [0, 0.05) is 19.3 Å². The van der Waals surface area contributed by atoms with E-state index < -0.39 is 0 Å². The minimum absolute atomic E-state index is 0.269. The number of hydrogen-bond donors (Lipinski definition) is 2. The number of rotatable bonds is 5. The molecule has 3 N–H and O–H groups in total. The van der Waals surface area contributed by atoms with Crippen LogP contribution >= 0.6 is 11.6 Å². The number of ether oxygens (including phenoxy) is 1. The predicted molar refractivity (Wildman–Crippen MR) is 115 cm³/mol. The first-order chi connectivity index (χ1) is 13.9. The van der Waals surface area contributed by atoms with Gasteiger partial charge in [-0.1, -0.05) is 23.7 Å². The molecule has 148 valence electrons. The third kappa shape index (κ3) is 3.95. The summed E-state index contributed by atoms with van der Waals surface area (Å²) >= 11 is 5.83. The van der Waals surface area contributed by atoms with Crippen LogP contribution in [-0.4, -0.2) is 19.5 Å². The zero-order chi connectivity index (χ0) is 20.5. The van der Waals surface area contributed by atoms with Gasteiger partial charge in [0.2, 0.25) is 5.95 Å². The molecule has 0 aliphatic rings. The maximum atomic E-state index is 5.89. The highest BCUT2D eigenvalue weighted by Gasteiger charge is 2.11. The highest BCUT2D eigenvalue weighted by atomic mass is 35.5. The van der Waals surface area contributed by atoms with Crippen molar-refractivity contribution in [2.75, 3.05) is 11.1 Å². The Kier molecular flexibility index (Phi) is 4.98. The number of hydrogen-bond acceptors (Lipinski definition) is 6. The average molecular weight is 409 g/mol. The molecule has 0 unspecified atom stereocenters. The number of benzene rings is 2. The third-order valence-electron chi connectivity index (χ3n) is 4.67. The van der Waals surface area contributed by atoms with E-state index in [1.807, 2.05) is 43.7 Å². The van der Waals surface area contributed by atoms with E-state index in [9.17, 15) is 0 Å². The van der Waals surface area contributed by atoms with Crippen molar-refractivity contribution in [3.05, 3.63) is 64.4 Å². The van der Waals surface area contributed by atoms with Crippen LogP contribution in [0.25, 0.3) is 11.0 Å². The number of halogens is 1. The van der Waals surface area contributed by atoms with Gasteiger partial charge in [-0.15, -0.1) is 0 Å². The number of nitrogens with two attached hydrogens (primary N) is 1. The van der Waals surface area contributed by atoms with Crippen molar-refractivity contribution in [1.82, 2.24) is 19.5 Å². The Morgan fingerprint density at radius 3 is 2.48 bits per heavy atom. The van der Waals surface area contributed by atoms with Gasteiger partial charge in [-0.3, -0.25) is 0 Å². The zero-order valence-electron chi connectivity index (χ0n) is 16.4. The van der Waals surface area contributed by atoms with Crippen LogP contribution in [0.1, 0.15) is 16.7 Å². The molecular weight excluding hydrogens is 388 g/mol. The Hall–Kier alpha value is -3.32. The summed E-state index contributed by atoms with van der Waals surface area (Å²) in [5, 5.41) is 3.87. The number of fused-ring (bicyclic) bond motifs is 1. The van der Waals surface area contributed by atoms with Crippen LogP contribution in [0.5, 0.6) is 11.8 Å². The summed E-state index contributed by atoms with van der Waals surface area (Å²) in [7, 11) is 1.97. The van der Waals surface area contributed by atoms with Gasteiger partial charge in [-0.05, 0) is 48.7 Å². The summed E-state index contributed by atoms with van der Waals surface area (Å²) in [4.78, 5) is 12.8. The van der Waals surface area contributed by atoms with E-state index in [1.54, 1.807) is 0 Å². The molecule has 0 radical (unpaired) electrons. The second kappa shape index (κ2) is 7.60. The Labute approximate surface area is 173 Å². The molecule has 7 nitrogen and oxygen atoms in total. The minimum atomic E-state index is 0.269. The molecule has 2 heterocycles. The van der Waals surface area contributed by atoms with Crippen LogP contribution in [0.15, 0.2) is 42.7 Å². The molecule has 8 heteroatoms. The lowest BCUT2D eigenvalue weighted by Crippen LogP contribution is -2.06. The van der Waals surface area contributed by atoms with E-state index in [1.165, 1.54) is 12.4 Å². The van der Waals surface area contributed by atoms with E-state index in [0.29, 0.717) is 11.6 Å². The van der Waals surface area contributed by atoms with Gasteiger partial charge in [0.05, 0.1) is 28.4 Å². The van der Waals surface area contributed by atoms with E-state index in [0.717, 1.165) is 45.1 Å². The van der Waals surface area contributed by atoms with Gasteiger partial charge < -0.3 is 20.4 Å². The van der Waals surface area contributed by atoms with E-state index in [-0.39, 0.29) is 6.01 Å². The van der Waals surface area contributed by atoms with Crippen molar-refractivity contribution in [1.29, 1.82) is 0 Å². The topological polar surface area (TPSA) is 90.9 Å². The molecule has 0 saturated carbocycles. The highest BCUT2D eigenvalue weighted by Crippen LogP contribution is 2.29. The Bertz CT molecular complexity index is 1160. The van der Waals surface area contributed by atoms with Crippen molar-refractivity contribution >= 4 is 34.3 Å². The number of aryl methyl sites for hydroxylation is 3. The number of aromatic nitrogens is 4. The molecule has 2 aromatic heterocycles. The number of imidazole rings is 1. The number of anilines is 2. The second-order valence-electron chi connectivity index (χ2n) is 6.94. The molecule has 0 spiro atoms. The lowest BCUT2D eigenvalue weighted by molar-refractivity contribution is 0.435. The van der Waals surface area contributed by atoms with Gasteiger partial charge in [-0.25, -0.2) is 15.0 Å². The van der Waals surface area contributed by atoms with E-state index >= 15 is 0 Å². The molecular formula is C21H21ClN6O. The van der Waals surface area contributed by atoms with Crippen molar-refractivity contribution in [3.8, 4) is 11.8 Å². The fourth-order valence-corrected chi connectivity index (χ4v) is 3.39. The molecule has 2 aromatic carbocycles. The Balaban J connectivity index is 1.53. The molecule has 0 atom stereocenters. The monoisotopic (exact) mass is 408 g/mol. The average Bonchev–Trinajstić information content (AvgIpc) is 3.00. The van der Waals surface area contributed by atoms with Crippen molar-refractivity contribution in [3.63, 3.8) is 0 Å². The van der Waals surface area contributed by atoms with Gasteiger partial charge in [0.15, 0.2) is 0 Å². The molecule has 0 saturated heterocycles. The van der Waals surface area contributed by atoms with Gasteiger partial charge >= 0.3 is 6.01 Å². The summed E-state index contributed by atoms with van der Waals surface area (Å²) in [5.41, 5.74) is 11.6. The first-order valence-electron chi connectivity index (χ1n) is 9.12. The van der Waals surface area contributed by atoms with Gasteiger partial charge in [0.1, 0.15) is 5.75 Å². The minimum Gasteiger partial charge on any atom is -0.424 e. The van der Waals surface area contributed by atoms with Crippen LogP contribution in [0.3, 0.4) is 0 Å². The van der Waals surface area contributed by atoms with Crippen molar-refractivity contribution < 1.29 is 4.74 Å². The molecule has 29 heavy (non-hydrogen) atoms. The highest BCUT2D eigenvalue weighted by molar-refractivity contribution is 6.30. The van der Waals surface area contributed by atoms with Crippen molar-refractivity contribution in [2.45, 2.75) is 20.4 Å². The standard InChI is InChI=1S/C21H21ClN6O/c1-12-6-14(7-13(2)19(12)29-21-25-10-15(22)11-26-21)9-24-20-27-17-5-4-16(23)8-18(17)28(20)3/h4-8,10-11H,9,23H2,1-3H3,(H,24,27). The largest absolute Gasteiger partial charge is 0.424 e. The fourth-order valence-electron chi connectivity index (χ4n) is 3.29. The van der Waals surface area contributed by atoms with Crippen LogP contribution in [-0.2, 0) is 13.6 Å². The molecule has 0 aliphatic heterocycles. The SMILES string of the molecule is Cc1cc(CNc2nc3ccc(N)cc3n2C)cc(C)c1Oc1ncc(Cl)cn1. The predicted octanol–water partition coefficient (Wildman–Crippen LogP) is 4.62. The third-order valence-corrected chi connectivity index (χ3v) is 4.86. The maximum Gasteiger partial charge on any atom is 0.321 e. The van der Waals surface area contributed by atoms with E-state index in [4.69, 9.17) is 22.1 Å². The first kappa shape index (κ1) is 19.0. The quantitative estimate of drug-likeness (QED) is 0.468. The molecule has 4 rings (SSSR count). The van der Waals surface area contributed by atoms with Crippen molar-refractivity contribution in [2.24, 2.45) is 7.05 Å². The molecule has 0 bridgehead atoms. The number of nitrogens with zero attached hydrogens (tertiary/aromatic N) is 4. The Morgan fingerprint density at radius 2 is 1.79 bits per heavy atom. The summed E-state index contributed by atoms with van der Waals surface area (Å²) in [6, 6.07) is 10.1. The smallest absolute Gasteiger partial charge is 0.321 e. The molecule has 0 aliphatic carbocycles. The lowest BCUT2D eigenvalue weighted by Gasteiger charge is -2.13. The summed E-state index contributed by atoms with van der Waals surface area (Å²) in [5.74, 6) is 1.53. The lowest BCUT2D eigenvalue weighted by atomic mass is 10.1. The van der Waals surface area contributed by atoms with Crippen LogP contribution in [0.4, 0.5) is 11.6 Å². The number of nitrogen functional groups attached to an aromatic ring is 1. The zero-order valence-corrected chi connectivity index (χ0v) is 17.2. The van der Waals surface area contributed by atoms with Crippen LogP contribution in [0.2, 0.25) is 5.02 Å². The summed E-state index contributed by atoms with van der Waals surface area (Å²) in [6.45, 7) is 4.63. The van der Waals surface area contributed by atoms with Crippen LogP contribution < -0.4 is 15.8 Å². The van der Waals surface area contributed by atoms with E-state index in [2.05, 4.69) is 32.4 Å². The Morgan fingerprint density at radius 1 is 1.10 bits per heavy atom. The summed E-state index contributed by atoms with van der Waals surface area (Å²) in [6.07, 6.45) is 3.02. The first-order valence-corrected chi connectivity index (χ1v) is 9.50. The normalized spacial score (nSPS) is 11.0. The molecule has 4 aromatic rings. The fraction of sp³-hybridized carbons (Fsp3) is 0.190. The number of nitrogens with one attached hydrogen (secondary N) is 1. The maximum absolute atomic E-state index is 5.89. The van der Waals surface area contributed by atoms with Gasteiger partial charge in [-0.2, -0.15) is 0 Å². The second-order valence-corrected chi connectivity index (χ2v) is 7.38. The van der Waals surface area contributed by atoms with Gasteiger partial charge in [0.25, 0.3) is 0 Å². The van der Waals surface area contributed by atoms with Crippen LogP contribution in [0, 0.1) is 13.8 Å². The summed E-state index contributed by atoms with van der Waals surface area (Å²) < 4.78 is 7.85. The molecule has 0 amide bonds.